The average Bonchev–Trinajstić information content (AvgIpc) is 2.56. The van der Waals surface area contributed by atoms with E-state index in [1.807, 2.05) is 24.3 Å². The van der Waals surface area contributed by atoms with E-state index in [0.717, 1.165) is 6.42 Å². The Hall–Kier alpha value is -2.82. The van der Waals surface area contributed by atoms with Gasteiger partial charge in [0.1, 0.15) is 5.75 Å². The summed E-state index contributed by atoms with van der Waals surface area (Å²) in [5, 5.41) is 5.46. The summed E-state index contributed by atoms with van der Waals surface area (Å²) in [6, 6.07) is 14.6. The van der Waals surface area contributed by atoms with E-state index in [-0.39, 0.29) is 11.8 Å². The van der Waals surface area contributed by atoms with Crippen LogP contribution in [0.3, 0.4) is 0 Å². The molecule has 0 aliphatic carbocycles. The van der Waals surface area contributed by atoms with Crippen molar-refractivity contribution < 1.29 is 14.3 Å². The van der Waals surface area contributed by atoms with Crippen LogP contribution in [0, 0.1) is 0 Å². The molecule has 2 aromatic carbocycles. The number of hydrogen-bond donors (Lipinski definition) is 2. The fourth-order valence-corrected chi connectivity index (χ4v) is 2.15. The van der Waals surface area contributed by atoms with Crippen molar-refractivity contribution in [2.45, 2.75) is 33.3 Å². The van der Waals surface area contributed by atoms with Crippen LogP contribution in [-0.4, -0.2) is 17.9 Å². The van der Waals surface area contributed by atoms with Gasteiger partial charge in [-0.1, -0.05) is 19.1 Å². The first-order chi connectivity index (χ1) is 11.5. The predicted molar refractivity (Wildman–Crippen MR) is 95.3 cm³/mol. The Balaban J connectivity index is 1.91. The van der Waals surface area contributed by atoms with Crippen LogP contribution >= 0.6 is 0 Å². The monoisotopic (exact) mass is 326 g/mol. The second-order valence-corrected chi connectivity index (χ2v) is 5.51. The van der Waals surface area contributed by atoms with Crippen LogP contribution in [0.4, 0.5) is 11.4 Å². The molecule has 0 fully saturated rings. The zero-order valence-electron chi connectivity index (χ0n) is 14.1. The number of carbonyl (C=O) groups is 2. The SMILES string of the molecule is CCc1ccc(OC(C)C(=O)Nc2ccc(NC(C)=O)cc2)cc1. The second-order valence-electron chi connectivity index (χ2n) is 5.51. The summed E-state index contributed by atoms with van der Waals surface area (Å²) in [6.45, 7) is 5.24. The first-order valence-electron chi connectivity index (χ1n) is 7.92. The minimum absolute atomic E-state index is 0.136. The minimum Gasteiger partial charge on any atom is -0.481 e. The van der Waals surface area contributed by atoms with Gasteiger partial charge < -0.3 is 15.4 Å². The highest BCUT2D eigenvalue weighted by atomic mass is 16.5. The van der Waals surface area contributed by atoms with E-state index in [4.69, 9.17) is 4.74 Å². The lowest BCUT2D eigenvalue weighted by atomic mass is 10.2. The lowest BCUT2D eigenvalue weighted by Crippen LogP contribution is -2.30. The van der Waals surface area contributed by atoms with Crippen LogP contribution in [0.15, 0.2) is 48.5 Å². The summed E-state index contributed by atoms with van der Waals surface area (Å²) in [4.78, 5) is 23.2. The van der Waals surface area contributed by atoms with E-state index in [9.17, 15) is 9.59 Å². The first-order valence-corrected chi connectivity index (χ1v) is 7.92. The Morgan fingerprint density at radius 3 is 2.00 bits per heavy atom. The van der Waals surface area contributed by atoms with E-state index >= 15 is 0 Å². The Kier molecular flexibility index (Phi) is 5.95. The molecule has 0 heterocycles. The predicted octanol–water partition coefficient (Wildman–Crippen LogP) is 3.61. The van der Waals surface area contributed by atoms with Crippen molar-refractivity contribution in [2.24, 2.45) is 0 Å². The molecule has 5 nitrogen and oxygen atoms in total. The van der Waals surface area contributed by atoms with Crippen LogP contribution < -0.4 is 15.4 Å². The average molecular weight is 326 g/mol. The number of hydrogen-bond acceptors (Lipinski definition) is 3. The molecule has 2 N–H and O–H groups in total. The number of aryl methyl sites for hydroxylation is 1. The van der Waals surface area contributed by atoms with Gasteiger partial charge in [0.25, 0.3) is 5.91 Å². The fraction of sp³-hybridized carbons (Fsp3) is 0.263. The highest BCUT2D eigenvalue weighted by molar-refractivity contribution is 5.94. The summed E-state index contributed by atoms with van der Waals surface area (Å²) < 4.78 is 5.66. The van der Waals surface area contributed by atoms with E-state index in [2.05, 4.69) is 17.6 Å². The number of amides is 2. The van der Waals surface area contributed by atoms with Gasteiger partial charge in [-0.2, -0.15) is 0 Å². The molecule has 0 saturated heterocycles. The van der Waals surface area contributed by atoms with Crippen molar-refractivity contribution in [3.05, 3.63) is 54.1 Å². The highest BCUT2D eigenvalue weighted by Gasteiger charge is 2.14. The fourth-order valence-electron chi connectivity index (χ4n) is 2.15. The van der Waals surface area contributed by atoms with Gasteiger partial charge in [-0.25, -0.2) is 0 Å². The summed E-state index contributed by atoms with van der Waals surface area (Å²) in [7, 11) is 0. The lowest BCUT2D eigenvalue weighted by molar-refractivity contribution is -0.122. The molecule has 0 bridgehead atoms. The first kappa shape index (κ1) is 17.5. The van der Waals surface area contributed by atoms with Crippen LogP contribution in [0.1, 0.15) is 26.3 Å². The zero-order valence-corrected chi connectivity index (χ0v) is 14.1. The molecule has 1 unspecified atom stereocenters. The topological polar surface area (TPSA) is 67.4 Å². The van der Waals surface area contributed by atoms with E-state index in [0.29, 0.717) is 17.1 Å². The smallest absolute Gasteiger partial charge is 0.265 e. The third-order valence-electron chi connectivity index (χ3n) is 3.49. The molecule has 0 aromatic heterocycles. The Bertz CT molecular complexity index is 694. The maximum atomic E-state index is 12.2. The molecule has 0 saturated carbocycles. The Morgan fingerprint density at radius 2 is 1.50 bits per heavy atom. The molecule has 0 aliphatic rings. The largest absolute Gasteiger partial charge is 0.481 e. The Labute approximate surface area is 142 Å². The number of ether oxygens (including phenoxy) is 1. The normalized spacial score (nSPS) is 11.5. The Morgan fingerprint density at radius 1 is 0.958 bits per heavy atom. The number of benzene rings is 2. The van der Waals surface area contributed by atoms with Crippen LogP contribution in [0.5, 0.6) is 5.75 Å². The van der Waals surface area contributed by atoms with Crippen LogP contribution in [0.25, 0.3) is 0 Å². The van der Waals surface area contributed by atoms with E-state index in [1.54, 1.807) is 31.2 Å². The molecule has 1 atom stereocenters. The van der Waals surface area contributed by atoms with Gasteiger partial charge in [0, 0.05) is 18.3 Å². The third-order valence-corrected chi connectivity index (χ3v) is 3.49. The van der Waals surface area contributed by atoms with Gasteiger partial charge in [-0.15, -0.1) is 0 Å². The van der Waals surface area contributed by atoms with Crippen molar-refractivity contribution >= 4 is 23.2 Å². The van der Waals surface area contributed by atoms with E-state index in [1.165, 1.54) is 12.5 Å². The zero-order chi connectivity index (χ0) is 17.5. The van der Waals surface area contributed by atoms with Crippen molar-refractivity contribution in [2.75, 3.05) is 10.6 Å². The van der Waals surface area contributed by atoms with Crippen LogP contribution in [0.2, 0.25) is 0 Å². The standard InChI is InChI=1S/C19H22N2O3/c1-4-15-5-11-18(12-6-15)24-13(2)19(23)21-17-9-7-16(8-10-17)20-14(3)22/h5-13H,4H2,1-3H3,(H,20,22)(H,21,23). The molecule has 2 amide bonds. The van der Waals surface area contributed by atoms with Crippen molar-refractivity contribution in [3.63, 3.8) is 0 Å². The maximum absolute atomic E-state index is 12.2. The minimum atomic E-state index is -0.618. The summed E-state index contributed by atoms with van der Waals surface area (Å²) in [6.07, 6.45) is 0.345. The summed E-state index contributed by atoms with van der Waals surface area (Å²) >= 11 is 0. The lowest BCUT2D eigenvalue weighted by Gasteiger charge is -2.15. The molecule has 0 radical (unpaired) electrons. The number of rotatable bonds is 6. The van der Waals surface area contributed by atoms with E-state index < -0.39 is 6.10 Å². The molecule has 2 rings (SSSR count). The molecule has 5 heteroatoms. The van der Waals surface area contributed by atoms with Gasteiger partial charge >= 0.3 is 0 Å². The van der Waals surface area contributed by atoms with Gasteiger partial charge in [0.05, 0.1) is 0 Å². The highest BCUT2D eigenvalue weighted by Crippen LogP contribution is 2.16. The van der Waals surface area contributed by atoms with Crippen molar-refractivity contribution in [3.8, 4) is 5.75 Å². The van der Waals surface area contributed by atoms with Crippen LogP contribution in [-0.2, 0) is 16.0 Å². The third kappa shape index (κ3) is 5.12. The summed E-state index contributed by atoms with van der Waals surface area (Å²) in [5.41, 5.74) is 2.55. The van der Waals surface area contributed by atoms with Crippen molar-refractivity contribution in [1.29, 1.82) is 0 Å². The van der Waals surface area contributed by atoms with Gasteiger partial charge in [0.15, 0.2) is 6.10 Å². The number of anilines is 2. The molecular formula is C19H22N2O3. The molecule has 0 aliphatic heterocycles. The molecular weight excluding hydrogens is 304 g/mol. The maximum Gasteiger partial charge on any atom is 0.265 e. The number of carbonyl (C=O) groups excluding carboxylic acids is 2. The van der Waals surface area contributed by atoms with Gasteiger partial charge in [-0.3, -0.25) is 9.59 Å². The van der Waals surface area contributed by atoms with Crippen molar-refractivity contribution in [1.82, 2.24) is 0 Å². The van der Waals surface area contributed by atoms with Gasteiger partial charge in [0.2, 0.25) is 5.91 Å². The molecule has 0 spiro atoms. The quantitative estimate of drug-likeness (QED) is 0.852. The number of nitrogens with one attached hydrogen (secondary N) is 2. The summed E-state index contributed by atoms with van der Waals surface area (Å²) in [5.74, 6) is 0.292. The second kappa shape index (κ2) is 8.15. The van der Waals surface area contributed by atoms with Gasteiger partial charge in [-0.05, 0) is 55.3 Å². The molecule has 2 aromatic rings. The molecule has 126 valence electrons. The molecule has 24 heavy (non-hydrogen) atoms.